The number of ether oxygens (including phenoxy) is 1. The highest BCUT2D eigenvalue weighted by atomic mass is 35.5. The van der Waals surface area contributed by atoms with Crippen LogP contribution in [0.5, 0.6) is 5.75 Å². The number of fused-ring (bicyclic) bond motifs is 1. The molecule has 2 aromatic rings. The fourth-order valence-electron chi connectivity index (χ4n) is 4.14. The summed E-state index contributed by atoms with van der Waals surface area (Å²) < 4.78 is 33.9. The van der Waals surface area contributed by atoms with Crippen LogP contribution in [0.3, 0.4) is 0 Å². The Morgan fingerprint density at radius 3 is 2.70 bits per heavy atom. The lowest BCUT2D eigenvalue weighted by Crippen LogP contribution is -2.44. The molecule has 2 unspecified atom stereocenters. The van der Waals surface area contributed by atoms with Crippen molar-refractivity contribution in [2.75, 3.05) is 23.7 Å². The summed E-state index contributed by atoms with van der Waals surface area (Å²) in [6, 6.07) is 8.26. The van der Waals surface area contributed by atoms with E-state index >= 15 is 0 Å². The Morgan fingerprint density at radius 2 is 1.97 bits per heavy atom. The Morgan fingerprint density at radius 1 is 1.21 bits per heavy atom. The predicted octanol–water partition coefficient (Wildman–Crippen LogP) is 3.72. The topological polar surface area (TPSA) is 105 Å². The number of halogens is 1. The summed E-state index contributed by atoms with van der Waals surface area (Å²) in [5.41, 5.74) is 2.43. The van der Waals surface area contributed by atoms with Crippen molar-refractivity contribution in [2.24, 2.45) is 5.92 Å². The van der Waals surface area contributed by atoms with Crippen LogP contribution in [0.15, 0.2) is 35.2 Å². The average molecular weight is 492 g/mol. The Bertz CT molecular complexity index is 1230. The third kappa shape index (κ3) is 4.71. The third-order valence-electron chi connectivity index (χ3n) is 6.03. The van der Waals surface area contributed by atoms with Crippen LogP contribution in [-0.2, 0) is 19.6 Å². The highest BCUT2D eigenvalue weighted by Crippen LogP contribution is 2.36. The molecular weight excluding hydrogens is 466 g/mol. The van der Waals surface area contributed by atoms with Crippen LogP contribution < -0.4 is 15.4 Å². The van der Waals surface area contributed by atoms with Gasteiger partial charge in [-0.3, -0.25) is 9.59 Å². The summed E-state index contributed by atoms with van der Waals surface area (Å²) in [5, 5.41) is 6.21. The predicted molar refractivity (Wildman–Crippen MR) is 126 cm³/mol. The van der Waals surface area contributed by atoms with Crippen LogP contribution in [0.1, 0.15) is 30.9 Å². The number of benzene rings is 2. The van der Waals surface area contributed by atoms with Crippen LogP contribution in [0.25, 0.3) is 0 Å². The van der Waals surface area contributed by atoms with Gasteiger partial charge in [-0.25, -0.2) is 8.42 Å². The molecule has 2 aromatic carbocycles. The van der Waals surface area contributed by atoms with E-state index in [1.807, 2.05) is 6.92 Å². The van der Waals surface area contributed by atoms with E-state index in [2.05, 4.69) is 10.6 Å². The summed E-state index contributed by atoms with van der Waals surface area (Å²) in [6.07, 6.45) is 0.459. The molecule has 8 nitrogen and oxygen atoms in total. The van der Waals surface area contributed by atoms with Gasteiger partial charge in [-0.2, -0.15) is 4.31 Å². The lowest BCUT2D eigenvalue weighted by atomic mass is 9.98. The molecule has 176 valence electrons. The van der Waals surface area contributed by atoms with Gasteiger partial charge in [0.25, 0.3) is 5.91 Å². The molecule has 2 aliphatic rings. The van der Waals surface area contributed by atoms with Crippen molar-refractivity contribution in [1.29, 1.82) is 0 Å². The first-order valence-electron chi connectivity index (χ1n) is 10.8. The summed E-state index contributed by atoms with van der Waals surface area (Å²) in [5.74, 6) is -0.659. The molecule has 10 heteroatoms. The Kier molecular flexibility index (Phi) is 6.39. The summed E-state index contributed by atoms with van der Waals surface area (Å²) >= 11 is 5.99. The van der Waals surface area contributed by atoms with Crippen molar-refractivity contribution in [1.82, 2.24) is 4.31 Å². The zero-order valence-electron chi connectivity index (χ0n) is 18.6. The highest BCUT2D eigenvalue weighted by Gasteiger charge is 2.35. The molecule has 0 bridgehead atoms. The lowest BCUT2D eigenvalue weighted by molar-refractivity contribution is -0.123. The van der Waals surface area contributed by atoms with Crippen LogP contribution in [0, 0.1) is 19.8 Å². The summed E-state index contributed by atoms with van der Waals surface area (Å²) in [6.45, 7) is 5.54. The van der Waals surface area contributed by atoms with E-state index in [9.17, 15) is 18.0 Å². The number of carbonyl (C=O) groups is 2. The minimum Gasteiger partial charge on any atom is -0.479 e. The number of piperidine rings is 1. The largest absolute Gasteiger partial charge is 0.479 e. The van der Waals surface area contributed by atoms with Gasteiger partial charge < -0.3 is 15.4 Å². The number of rotatable bonds is 4. The van der Waals surface area contributed by atoms with Gasteiger partial charge in [0.2, 0.25) is 15.9 Å². The fourth-order valence-corrected chi connectivity index (χ4v) is 6.11. The molecule has 1 fully saturated rings. The number of hydrogen-bond acceptors (Lipinski definition) is 5. The molecule has 2 heterocycles. The van der Waals surface area contributed by atoms with Crippen molar-refractivity contribution in [3.8, 4) is 5.75 Å². The van der Waals surface area contributed by atoms with Gasteiger partial charge in [0.05, 0.1) is 16.5 Å². The molecule has 2 amide bonds. The summed E-state index contributed by atoms with van der Waals surface area (Å²) in [7, 11) is -3.87. The first-order chi connectivity index (χ1) is 15.6. The Balaban J connectivity index is 1.54. The second-order valence-electron chi connectivity index (χ2n) is 8.51. The van der Waals surface area contributed by atoms with Gasteiger partial charge in [0.1, 0.15) is 5.75 Å². The maximum Gasteiger partial charge on any atom is 0.265 e. The number of anilines is 2. The standard InChI is InChI=1S/C23H26ClN3O5S/c1-13-9-17(24)6-7-18(13)25-23(29)16-5-4-8-27(12-16)33(30,31)21-11-20-19(10-14(21)2)26-22(28)15(3)32-20/h6-7,9-11,15-16H,4-5,8,12H2,1-3H3,(H,25,29)(H,26,28). The van der Waals surface area contributed by atoms with E-state index in [4.69, 9.17) is 16.3 Å². The Labute approximate surface area is 198 Å². The molecule has 2 aliphatic heterocycles. The maximum atomic E-state index is 13.5. The van der Waals surface area contributed by atoms with Gasteiger partial charge in [0.15, 0.2) is 6.10 Å². The van der Waals surface area contributed by atoms with E-state index in [1.54, 1.807) is 38.1 Å². The maximum absolute atomic E-state index is 13.5. The molecule has 0 radical (unpaired) electrons. The SMILES string of the molecule is Cc1cc(Cl)ccc1NC(=O)C1CCCN(S(=O)(=O)c2cc3c(cc2C)NC(=O)C(C)O3)C1. The van der Waals surface area contributed by atoms with Crippen molar-refractivity contribution in [2.45, 2.75) is 44.6 Å². The van der Waals surface area contributed by atoms with Gasteiger partial charge in [-0.1, -0.05) is 11.6 Å². The number of nitrogens with one attached hydrogen (secondary N) is 2. The van der Waals surface area contributed by atoms with Crippen molar-refractivity contribution in [3.63, 3.8) is 0 Å². The number of hydrogen-bond donors (Lipinski definition) is 2. The summed E-state index contributed by atoms with van der Waals surface area (Å²) in [4.78, 5) is 24.9. The van der Waals surface area contributed by atoms with Crippen LogP contribution in [-0.4, -0.2) is 43.7 Å². The third-order valence-corrected chi connectivity index (χ3v) is 8.27. The zero-order valence-corrected chi connectivity index (χ0v) is 20.2. The zero-order chi connectivity index (χ0) is 23.9. The van der Waals surface area contributed by atoms with Gasteiger partial charge in [-0.15, -0.1) is 0 Å². The van der Waals surface area contributed by atoms with Crippen molar-refractivity contribution < 1.29 is 22.7 Å². The lowest BCUT2D eigenvalue weighted by Gasteiger charge is -2.32. The van der Waals surface area contributed by atoms with E-state index < -0.39 is 22.0 Å². The van der Waals surface area contributed by atoms with Crippen molar-refractivity contribution in [3.05, 3.63) is 46.5 Å². The van der Waals surface area contributed by atoms with Crippen LogP contribution in [0.2, 0.25) is 5.02 Å². The fraction of sp³-hybridized carbons (Fsp3) is 0.391. The minimum atomic E-state index is -3.87. The van der Waals surface area contributed by atoms with Crippen LogP contribution >= 0.6 is 11.6 Å². The number of amides is 2. The van der Waals surface area contributed by atoms with Gasteiger partial charge in [0, 0.05) is 29.9 Å². The smallest absolute Gasteiger partial charge is 0.265 e. The number of nitrogens with zero attached hydrogens (tertiary/aromatic N) is 1. The van der Waals surface area contributed by atoms with E-state index in [1.165, 1.54) is 10.4 Å². The molecule has 4 rings (SSSR count). The second-order valence-corrected chi connectivity index (χ2v) is 10.9. The van der Waals surface area contributed by atoms with E-state index in [0.29, 0.717) is 47.1 Å². The molecule has 33 heavy (non-hydrogen) atoms. The number of aryl methyl sites for hydroxylation is 2. The molecular formula is C23H26ClN3O5S. The second kappa shape index (κ2) is 8.96. The minimum absolute atomic E-state index is 0.0886. The first kappa shape index (κ1) is 23.5. The monoisotopic (exact) mass is 491 g/mol. The van der Waals surface area contributed by atoms with E-state index in [-0.39, 0.29) is 23.3 Å². The number of sulfonamides is 1. The average Bonchev–Trinajstić information content (AvgIpc) is 2.76. The van der Waals surface area contributed by atoms with Crippen LogP contribution in [0.4, 0.5) is 11.4 Å². The Hall–Kier alpha value is -2.62. The van der Waals surface area contributed by atoms with Crippen molar-refractivity contribution >= 4 is 44.8 Å². The van der Waals surface area contributed by atoms with Gasteiger partial charge in [-0.05, 0) is 69.0 Å². The molecule has 2 atom stereocenters. The first-order valence-corrected chi connectivity index (χ1v) is 12.6. The molecule has 0 aliphatic carbocycles. The van der Waals surface area contributed by atoms with Gasteiger partial charge >= 0.3 is 0 Å². The molecule has 1 saturated heterocycles. The normalized spacial score (nSPS) is 21.0. The molecule has 0 saturated carbocycles. The van der Waals surface area contributed by atoms with E-state index in [0.717, 1.165) is 5.56 Å². The molecule has 2 N–H and O–H groups in total. The highest BCUT2D eigenvalue weighted by molar-refractivity contribution is 7.89. The molecule has 0 aromatic heterocycles. The molecule has 0 spiro atoms. The quantitative estimate of drug-likeness (QED) is 0.678. The number of carbonyl (C=O) groups excluding carboxylic acids is 2.